The first-order chi connectivity index (χ1) is 8.38. The molecule has 3 rings (SSSR count). The van der Waals surface area contributed by atoms with Gasteiger partial charge >= 0.3 is 0 Å². The zero-order valence-corrected chi connectivity index (χ0v) is 11.4. The van der Waals surface area contributed by atoms with Crippen LogP contribution in [0, 0.1) is 5.92 Å². The lowest BCUT2D eigenvalue weighted by atomic mass is 9.96. The Hall–Kier alpha value is -0.700. The molecule has 3 heteroatoms. The quantitative estimate of drug-likeness (QED) is 0.791. The fraction of sp³-hybridized carbons (Fsp3) is 0.571. The van der Waals surface area contributed by atoms with Crippen LogP contribution in [0.2, 0.25) is 0 Å². The maximum atomic E-state index is 5.74. The minimum absolute atomic E-state index is 0.632. The van der Waals surface area contributed by atoms with E-state index in [2.05, 4.69) is 34.1 Å². The fourth-order valence-electron chi connectivity index (χ4n) is 2.40. The minimum atomic E-state index is 0.632. The van der Waals surface area contributed by atoms with Crippen molar-refractivity contribution in [3.8, 4) is 11.5 Å². The molecule has 0 N–H and O–H groups in total. The normalized spacial score (nSPS) is 20.8. The molecular weight excluding hydrogens is 280 g/mol. The zero-order valence-electron chi connectivity index (χ0n) is 9.82. The molecule has 0 spiro atoms. The van der Waals surface area contributed by atoms with Gasteiger partial charge in [0.05, 0.1) is 13.2 Å². The van der Waals surface area contributed by atoms with Crippen LogP contribution in [0.3, 0.4) is 0 Å². The second kappa shape index (κ2) is 4.89. The summed E-state index contributed by atoms with van der Waals surface area (Å²) in [5.41, 5.74) is 1.38. The molecule has 17 heavy (non-hydrogen) atoms. The van der Waals surface area contributed by atoms with Crippen LogP contribution in [-0.4, -0.2) is 18.5 Å². The molecule has 2 nitrogen and oxygen atoms in total. The Kier molecular flexibility index (Phi) is 3.28. The van der Waals surface area contributed by atoms with E-state index in [0.29, 0.717) is 5.92 Å². The molecule has 1 aromatic carbocycles. The van der Waals surface area contributed by atoms with Gasteiger partial charge in [-0.1, -0.05) is 22.0 Å². The third-order valence-electron chi connectivity index (χ3n) is 3.56. The van der Waals surface area contributed by atoms with Gasteiger partial charge in [-0.05, 0) is 42.4 Å². The van der Waals surface area contributed by atoms with Gasteiger partial charge in [0.1, 0.15) is 0 Å². The Morgan fingerprint density at radius 3 is 2.65 bits per heavy atom. The Morgan fingerprint density at radius 2 is 1.94 bits per heavy atom. The molecule has 0 amide bonds. The molecule has 0 radical (unpaired) electrons. The van der Waals surface area contributed by atoms with Crippen molar-refractivity contribution in [2.75, 3.05) is 18.5 Å². The van der Waals surface area contributed by atoms with Crippen LogP contribution in [-0.2, 0) is 0 Å². The third kappa shape index (κ3) is 2.44. The van der Waals surface area contributed by atoms with Crippen molar-refractivity contribution in [3.05, 3.63) is 23.8 Å². The lowest BCUT2D eigenvalue weighted by Gasteiger charge is -2.16. The highest BCUT2D eigenvalue weighted by Crippen LogP contribution is 2.45. The summed E-state index contributed by atoms with van der Waals surface area (Å²) in [6.07, 6.45) is 3.70. The van der Waals surface area contributed by atoms with Crippen LogP contribution in [0.15, 0.2) is 18.2 Å². The van der Waals surface area contributed by atoms with Gasteiger partial charge < -0.3 is 9.47 Å². The molecule has 2 aliphatic rings. The van der Waals surface area contributed by atoms with Crippen LogP contribution in [0.5, 0.6) is 11.5 Å². The second-order valence-electron chi connectivity index (χ2n) is 4.85. The van der Waals surface area contributed by atoms with Gasteiger partial charge in [-0.15, -0.1) is 0 Å². The average molecular weight is 297 g/mol. The maximum Gasteiger partial charge on any atom is 0.161 e. The number of rotatable bonds is 3. The topological polar surface area (TPSA) is 18.5 Å². The van der Waals surface area contributed by atoms with Crippen LogP contribution in [0.25, 0.3) is 0 Å². The van der Waals surface area contributed by atoms with Crippen molar-refractivity contribution in [1.29, 1.82) is 0 Å². The SMILES string of the molecule is BrCC(c1ccc2c(c1)OCCCO2)C1CC1. The van der Waals surface area contributed by atoms with Gasteiger partial charge in [0, 0.05) is 11.8 Å². The van der Waals surface area contributed by atoms with E-state index in [4.69, 9.17) is 9.47 Å². The molecule has 1 saturated carbocycles. The molecule has 1 aromatic rings. The highest BCUT2D eigenvalue weighted by atomic mass is 79.9. The van der Waals surface area contributed by atoms with E-state index in [9.17, 15) is 0 Å². The van der Waals surface area contributed by atoms with E-state index in [1.165, 1.54) is 18.4 Å². The fourth-order valence-corrected chi connectivity index (χ4v) is 3.30. The van der Waals surface area contributed by atoms with Crippen LogP contribution in [0.1, 0.15) is 30.7 Å². The number of ether oxygens (including phenoxy) is 2. The molecular formula is C14H17BrO2. The van der Waals surface area contributed by atoms with Crippen molar-refractivity contribution in [3.63, 3.8) is 0 Å². The van der Waals surface area contributed by atoms with Crippen molar-refractivity contribution >= 4 is 15.9 Å². The Bertz CT molecular complexity index is 401. The Labute approximate surface area is 110 Å². The van der Waals surface area contributed by atoms with Crippen LogP contribution in [0.4, 0.5) is 0 Å². The maximum absolute atomic E-state index is 5.74. The minimum Gasteiger partial charge on any atom is -0.490 e. The summed E-state index contributed by atoms with van der Waals surface area (Å²) in [4.78, 5) is 0. The monoisotopic (exact) mass is 296 g/mol. The number of benzene rings is 1. The summed E-state index contributed by atoms with van der Waals surface area (Å²) in [6, 6.07) is 6.43. The van der Waals surface area contributed by atoms with E-state index >= 15 is 0 Å². The summed E-state index contributed by atoms with van der Waals surface area (Å²) in [5.74, 6) is 3.31. The van der Waals surface area contributed by atoms with Gasteiger partial charge in [0.25, 0.3) is 0 Å². The zero-order chi connectivity index (χ0) is 11.7. The first-order valence-electron chi connectivity index (χ1n) is 6.34. The lowest BCUT2D eigenvalue weighted by Crippen LogP contribution is -2.03. The molecule has 0 saturated heterocycles. The number of fused-ring (bicyclic) bond motifs is 1. The van der Waals surface area contributed by atoms with Crippen molar-refractivity contribution in [2.24, 2.45) is 5.92 Å². The predicted molar refractivity (Wildman–Crippen MR) is 71.3 cm³/mol. The molecule has 92 valence electrons. The number of alkyl halides is 1. The van der Waals surface area contributed by atoms with Crippen molar-refractivity contribution < 1.29 is 9.47 Å². The predicted octanol–water partition coefficient (Wildman–Crippen LogP) is 3.74. The first-order valence-corrected chi connectivity index (χ1v) is 7.46. The van der Waals surface area contributed by atoms with E-state index in [1.54, 1.807) is 0 Å². The molecule has 1 fully saturated rings. The van der Waals surface area contributed by atoms with Gasteiger partial charge in [0.2, 0.25) is 0 Å². The molecule has 1 aliphatic heterocycles. The smallest absolute Gasteiger partial charge is 0.161 e. The lowest BCUT2D eigenvalue weighted by molar-refractivity contribution is 0.297. The van der Waals surface area contributed by atoms with Gasteiger partial charge in [-0.3, -0.25) is 0 Å². The molecule has 0 aromatic heterocycles. The number of halogens is 1. The second-order valence-corrected chi connectivity index (χ2v) is 5.50. The van der Waals surface area contributed by atoms with Crippen LogP contribution >= 0.6 is 15.9 Å². The van der Waals surface area contributed by atoms with Gasteiger partial charge in [0.15, 0.2) is 11.5 Å². The van der Waals surface area contributed by atoms with Crippen molar-refractivity contribution in [2.45, 2.75) is 25.2 Å². The standard InChI is InChI=1S/C14H17BrO2/c15-9-12(10-2-3-10)11-4-5-13-14(8-11)17-7-1-6-16-13/h4-5,8,10,12H,1-3,6-7,9H2. The number of hydrogen-bond donors (Lipinski definition) is 0. The summed E-state index contributed by atoms with van der Waals surface area (Å²) in [7, 11) is 0. The molecule has 1 heterocycles. The Morgan fingerprint density at radius 1 is 1.18 bits per heavy atom. The number of hydrogen-bond acceptors (Lipinski definition) is 2. The van der Waals surface area contributed by atoms with Crippen LogP contribution < -0.4 is 9.47 Å². The van der Waals surface area contributed by atoms with E-state index in [0.717, 1.165) is 42.4 Å². The molecule has 1 unspecified atom stereocenters. The van der Waals surface area contributed by atoms with Crippen molar-refractivity contribution in [1.82, 2.24) is 0 Å². The largest absolute Gasteiger partial charge is 0.490 e. The van der Waals surface area contributed by atoms with E-state index < -0.39 is 0 Å². The third-order valence-corrected chi connectivity index (χ3v) is 4.25. The van der Waals surface area contributed by atoms with Gasteiger partial charge in [-0.2, -0.15) is 0 Å². The first kappa shape index (κ1) is 11.4. The Balaban J connectivity index is 1.88. The van der Waals surface area contributed by atoms with E-state index in [1.807, 2.05) is 0 Å². The summed E-state index contributed by atoms with van der Waals surface area (Å²) in [6.45, 7) is 1.52. The summed E-state index contributed by atoms with van der Waals surface area (Å²) in [5, 5.41) is 1.04. The highest BCUT2D eigenvalue weighted by Gasteiger charge is 2.32. The summed E-state index contributed by atoms with van der Waals surface area (Å²) >= 11 is 3.63. The molecule has 0 bridgehead atoms. The molecule has 1 atom stereocenters. The summed E-state index contributed by atoms with van der Waals surface area (Å²) < 4.78 is 11.4. The highest BCUT2D eigenvalue weighted by molar-refractivity contribution is 9.09. The average Bonchev–Trinajstić information content (AvgIpc) is 3.15. The van der Waals surface area contributed by atoms with Gasteiger partial charge in [-0.25, -0.2) is 0 Å². The molecule has 1 aliphatic carbocycles. The van der Waals surface area contributed by atoms with E-state index in [-0.39, 0.29) is 0 Å².